The summed E-state index contributed by atoms with van der Waals surface area (Å²) in [5.41, 5.74) is 0.967. The van der Waals surface area contributed by atoms with Gasteiger partial charge < -0.3 is 15.0 Å². The van der Waals surface area contributed by atoms with E-state index in [4.69, 9.17) is 4.74 Å². The van der Waals surface area contributed by atoms with Crippen molar-refractivity contribution in [1.82, 2.24) is 4.90 Å². The quantitative estimate of drug-likeness (QED) is 0.737. The highest BCUT2D eigenvalue weighted by Crippen LogP contribution is 2.03. The van der Waals surface area contributed by atoms with Gasteiger partial charge in [-0.25, -0.2) is 4.79 Å². The van der Waals surface area contributed by atoms with Crippen molar-refractivity contribution in [2.45, 2.75) is 6.61 Å². The number of hydrogen-bond acceptors (Lipinski definition) is 3. The van der Waals surface area contributed by atoms with Gasteiger partial charge >= 0.3 is 6.09 Å². The number of benzene rings is 1. The molecule has 17 heavy (non-hydrogen) atoms. The number of hydrogen-bond donors (Lipinski definition) is 1. The summed E-state index contributed by atoms with van der Waals surface area (Å²) in [7, 11) is 0. The third-order valence-corrected chi connectivity index (χ3v) is 2.78. The molecule has 1 aliphatic heterocycles. The SMILES string of the molecule is O=C(OCc1ccccc1)N1CC[NH+]([O-])CC1. The Morgan fingerprint density at radius 2 is 1.94 bits per heavy atom. The van der Waals surface area contributed by atoms with E-state index in [2.05, 4.69) is 0 Å². The average molecular weight is 236 g/mol. The van der Waals surface area contributed by atoms with Gasteiger partial charge in [0.25, 0.3) is 0 Å². The monoisotopic (exact) mass is 236 g/mol. The second-order valence-electron chi connectivity index (χ2n) is 4.07. The lowest BCUT2D eigenvalue weighted by Crippen LogP contribution is -3.10. The number of quaternary nitrogens is 1. The van der Waals surface area contributed by atoms with E-state index >= 15 is 0 Å². The van der Waals surface area contributed by atoms with Crippen LogP contribution in [0.5, 0.6) is 0 Å². The van der Waals surface area contributed by atoms with Crippen molar-refractivity contribution in [3.63, 3.8) is 0 Å². The summed E-state index contributed by atoms with van der Waals surface area (Å²) in [5.74, 6) is 0. The molecule has 1 fully saturated rings. The molecular weight excluding hydrogens is 220 g/mol. The Morgan fingerprint density at radius 3 is 2.59 bits per heavy atom. The van der Waals surface area contributed by atoms with Gasteiger partial charge in [-0.05, 0) is 5.56 Å². The fourth-order valence-corrected chi connectivity index (χ4v) is 1.75. The van der Waals surface area contributed by atoms with Crippen LogP contribution in [-0.4, -0.2) is 37.2 Å². The molecule has 5 heteroatoms. The molecule has 92 valence electrons. The lowest BCUT2D eigenvalue weighted by atomic mass is 10.2. The van der Waals surface area contributed by atoms with Crippen LogP contribution in [0.15, 0.2) is 30.3 Å². The molecule has 1 aliphatic rings. The molecule has 5 nitrogen and oxygen atoms in total. The fourth-order valence-electron chi connectivity index (χ4n) is 1.75. The molecule has 1 heterocycles. The Hall–Kier alpha value is -1.59. The van der Waals surface area contributed by atoms with Crippen molar-refractivity contribution in [1.29, 1.82) is 0 Å². The summed E-state index contributed by atoms with van der Waals surface area (Å²) < 4.78 is 5.18. The standard InChI is InChI=1S/C12H16N2O3/c15-12(13-6-8-14(16)9-7-13)17-10-11-4-2-1-3-5-11/h1-5,14H,6-10H2. The highest BCUT2D eigenvalue weighted by atomic mass is 16.6. The van der Waals surface area contributed by atoms with E-state index in [0.29, 0.717) is 26.2 Å². The molecule has 2 rings (SSSR count). The number of piperazine rings is 1. The lowest BCUT2D eigenvalue weighted by molar-refractivity contribution is -0.852. The molecule has 0 bridgehead atoms. The smallest absolute Gasteiger partial charge is 0.410 e. The minimum Gasteiger partial charge on any atom is -0.634 e. The molecule has 0 spiro atoms. The molecule has 0 unspecified atom stereocenters. The number of carbonyl (C=O) groups is 1. The number of nitrogens with zero attached hydrogens (tertiary/aromatic N) is 1. The van der Waals surface area contributed by atoms with Gasteiger partial charge in [-0.1, -0.05) is 30.3 Å². The molecule has 1 aromatic rings. The molecule has 0 saturated carbocycles. The number of nitrogens with one attached hydrogen (secondary N) is 1. The van der Waals surface area contributed by atoms with Gasteiger partial charge in [-0.3, -0.25) is 4.90 Å². The summed E-state index contributed by atoms with van der Waals surface area (Å²) in [4.78, 5) is 13.3. The van der Waals surface area contributed by atoms with E-state index < -0.39 is 0 Å². The van der Waals surface area contributed by atoms with Crippen LogP contribution in [0.4, 0.5) is 4.79 Å². The van der Waals surface area contributed by atoms with E-state index in [-0.39, 0.29) is 17.8 Å². The van der Waals surface area contributed by atoms with Gasteiger partial charge in [0.05, 0.1) is 26.2 Å². The first-order valence-corrected chi connectivity index (χ1v) is 5.73. The van der Waals surface area contributed by atoms with Crippen LogP contribution in [0, 0.1) is 5.21 Å². The molecule has 1 amide bonds. The topological polar surface area (TPSA) is 57.0 Å². The van der Waals surface area contributed by atoms with Gasteiger partial charge in [0.2, 0.25) is 0 Å². The zero-order chi connectivity index (χ0) is 12.1. The number of rotatable bonds is 2. The fraction of sp³-hybridized carbons (Fsp3) is 0.417. The van der Waals surface area contributed by atoms with Crippen LogP contribution < -0.4 is 5.06 Å². The largest absolute Gasteiger partial charge is 0.634 e. The summed E-state index contributed by atoms with van der Waals surface area (Å²) >= 11 is 0. The molecule has 1 aromatic carbocycles. The molecular formula is C12H16N2O3. The van der Waals surface area contributed by atoms with Crippen LogP contribution in [0.3, 0.4) is 0 Å². The molecule has 0 aromatic heterocycles. The van der Waals surface area contributed by atoms with Crippen LogP contribution >= 0.6 is 0 Å². The van der Waals surface area contributed by atoms with Crippen LogP contribution in [0.1, 0.15) is 5.56 Å². The maximum Gasteiger partial charge on any atom is 0.410 e. The van der Waals surface area contributed by atoms with Crippen molar-refractivity contribution in [3.05, 3.63) is 41.1 Å². The third kappa shape index (κ3) is 3.44. The highest BCUT2D eigenvalue weighted by molar-refractivity contribution is 5.67. The minimum atomic E-state index is -0.332. The predicted octanol–water partition coefficient (Wildman–Crippen LogP) is 0.0215. The van der Waals surface area contributed by atoms with Gasteiger partial charge in [-0.15, -0.1) is 0 Å². The maximum atomic E-state index is 11.7. The first-order chi connectivity index (χ1) is 8.25. The number of carbonyl (C=O) groups excluding carboxylic acids is 1. The van der Waals surface area contributed by atoms with Crippen LogP contribution in [0.25, 0.3) is 0 Å². The third-order valence-electron chi connectivity index (χ3n) is 2.78. The lowest BCUT2D eigenvalue weighted by Gasteiger charge is -2.33. The Bertz CT molecular complexity index is 361. The van der Waals surface area contributed by atoms with Gasteiger partial charge in [0.1, 0.15) is 6.61 Å². The summed E-state index contributed by atoms with van der Waals surface area (Å²) in [6.07, 6.45) is -0.332. The molecule has 0 aliphatic carbocycles. The van der Waals surface area contributed by atoms with Crippen molar-refractivity contribution in [2.75, 3.05) is 26.2 Å². The molecule has 1 saturated heterocycles. The molecule has 1 N–H and O–H groups in total. The van der Waals surface area contributed by atoms with Crippen molar-refractivity contribution >= 4 is 6.09 Å². The van der Waals surface area contributed by atoms with E-state index in [1.165, 1.54) is 0 Å². The maximum absolute atomic E-state index is 11.7. The second-order valence-corrected chi connectivity index (χ2v) is 4.07. The summed E-state index contributed by atoms with van der Waals surface area (Å²) in [5, 5.41) is 11.3. The number of hydroxylamine groups is 2. The van der Waals surface area contributed by atoms with E-state index in [9.17, 15) is 10.0 Å². The van der Waals surface area contributed by atoms with Crippen LogP contribution in [-0.2, 0) is 11.3 Å². The zero-order valence-corrected chi connectivity index (χ0v) is 9.59. The van der Waals surface area contributed by atoms with E-state index in [0.717, 1.165) is 5.56 Å². The Morgan fingerprint density at radius 1 is 1.29 bits per heavy atom. The van der Waals surface area contributed by atoms with Crippen molar-refractivity contribution in [2.24, 2.45) is 0 Å². The molecule has 0 atom stereocenters. The predicted molar refractivity (Wildman–Crippen MR) is 62.3 cm³/mol. The molecule has 0 radical (unpaired) electrons. The van der Waals surface area contributed by atoms with Gasteiger partial charge in [-0.2, -0.15) is 0 Å². The number of ether oxygens (including phenoxy) is 1. The van der Waals surface area contributed by atoms with E-state index in [1.54, 1.807) is 4.90 Å². The van der Waals surface area contributed by atoms with Crippen LogP contribution in [0.2, 0.25) is 0 Å². The Balaban J connectivity index is 1.78. The Kier molecular flexibility index (Phi) is 3.95. The zero-order valence-electron chi connectivity index (χ0n) is 9.59. The van der Waals surface area contributed by atoms with Crippen molar-refractivity contribution < 1.29 is 14.6 Å². The van der Waals surface area contributed by atoms with Crippen molar-refractivity contribution in [3.8, 4) is 0 Å². The summed E-state index contributed by atoms with van der Waals surface area (Å²) in [6, 6.07) is 9.55. The number of amides is 1. The van der Waals surface area contributed by atoms with E-state index in [1.807, 2.05) is 30.3 Å². The summed E-state index contributed by atoms with van der Waals surface area (Å²) in [6.45, 7) is 2.13. The highest BCUT2D eigenvalue weighted by Gasteiger charge is 2.20. The second kappa shape index (κ2) is 5.65. The average Bonchev–Trinajstić information content (AvgIpc) is 2.38. The first kappa shape index (κ1) is 11.9. The first-order valence-electron chi connectivity index (χ1n) is 5.73. The minimum absolute atomic E-state index is 0.220. The van der Waals surface area contributed by atoms with Gasteiger partial charge in [0, 0.05) is 0 Å². The normalized spacial score (nSPS) is 16.9. The van der Waals surface area contributed by atoms with Gasteiger partial charge in [0.15, 0.2) is 0 Å². The Labute approximate surface area is 100 Å².